The first-order valence-electron chi connectivity index (χ1n) is 44.0. The molecule has 0 aliphatic rings. The van der Waals surface area contributed by atoms with Crippen molar-refractivity contribution in [2.24, 2.45) is 0 Å². The Balaban J connectivity index is 0.000000155. The molecule has 13 heteroatoms. The summed E-state index contributed by atoms with van der Waals surface area (Å²) in [7, 11) is -3.45. The van der Waals surface area contributed by atoms with Gasteiger partial charge >= 0.3 is 0 Å². The fourth-order valence-corrected chi connectivity index (χ4v) is 16.1. The zero-order valence-corrected chi connectivity index (χ0v) is 69.5. The standard InChI is InChI=1S/C28H28NSi.C24H15FNO.C24H18N3O.C23H26NSi.2Ir/c1-21(22-12-7-5-8-13-22)26-19-27(29-20-28(26)30(2,3)4)25-17-11-16-24(18-25)23-14-9-6-10-15-23;25-19-7-9-24-21(15-19)20-14-18(6-8-23(20)27-24)22-13-17(10-11-26-22)12-16-4-2-1-3-5-16;1-14-11-21(25-13-20(14)17-7-5-4-6-8-17)18-9-10-22-19(12-18)23-24(28-22)27-16(3)15(2)26-23;1-17-11-13-20(14-12-17)22-15-21(23(16-24-22)25(3,4)5)18(2)19-9-7-6-8-10-19;;/h5-16,18-21H,1-4H3;1-5,7-11,13-15H,12H2;4-8,10-13H,1-3H3;6-13,15-16,18H,1-5H3;;/q4*-1;;/i21D;12D2;1D3,2D3,3D3;1D3,18D;;. The molecule has 7 aromatic heterocycles. The fraction of sp³-hybridized carbons (Fsp3) is 0.152. The Hall–Kier alpha value is -10.9. The SMILES string of the molecule is [2H]C(C)(c1ccccc1)c1cc(-c2[c-]ccc(-c3ccccc3)c2)ncc1[Si](C)(C)C.[2H]C([2H])([2H])c1c[c-]c(-c2cc(C([2H])(C)c3ccccc3)c([Si](C)(C)C)cn2)cc1.[2H]C([2H])([2H])c1cc(-c2[c-]cc3oc4nc(C([2H])([2H])[2H])c(C([2H])([2H])[2H])nc4c3c2)ncc1-c1ccccc1.[2H]C([2H])(c1ccccc1)c1ccnc(-c2[c-]cc3oc4ccc(F)cc4c3c2)c1.[Ir].[Ir]. The van der Waals surface area contributed by atoms with Gasteiger partial charge < -0.3 is 28.8 Å². The fourth-order valence-electron chi connectivity index (χ4n) is 13.0. The molecular formula is C99H87FIr2N6O2Si2-4. The van der Waals surface area contributed by atoms with E-state index in [4.69, 9.17) is 33.0 Å². The van der Waals surface area contributed by atoms with Crippen LogP contribution in [0.4, 0.5) is 4.39 Å². The number of nitrogens with zero attached hydrogens (tertiary/aromatic N) is 6. The van der Waals surface area contributed by atoms with Crippen molar-refractivity contribution in [3.8, 4) is 67.3 Å². The molecular weight excluding hydrogens is 1760 g/mol. The molecule has 0 aliphatic carbocycles. The van der Waals surface area contributed by atoms with Crippen LogP contribution in [0.3, 0.4) is 0 Å². The van der Waals surface area contributed by atoms with Crippen LogP contribution in [0.25, 0.3) is 111 Å². The Morgan fingerprint density at radius 2 is 0.964 bits per heavy atom. The number of aryl methyl sites for hydroxylation is 4. The molecule has 0 amide bonds. The van der Waals surface area contributed by atoms with Crippen LogP contribution in [-0.2, 0) is 46.6 Å². The zero-order valence-electron chi connectivity index (χ0n) is 78.7. The molecule has 2 radical (unpaired) electrons. The van der Waals surface area contributed by atoms with Gasteiger partial charge in [-0.25, -0.2) is 14.4 Å². The average molecular weight is 1870 g/mol. The smallest absolute Gasteiger partial charge is 0.235 e. The van der Waals surface area contributed by atoms with E-state index >= 15 is 0 Å². The molecule has 112 heavy (non-hydrogen) atoms. The van der Waals surface area contributed by atoms with Crippen molar-refractivity contribution >= 4 is 70.7 Å². The summed E-state index contributed by atoms with van der Waals surface area (Å²) in [6, 6.07) is 92.0. The van der Waals surface area contributed by atoms with Crippen LogP contribution in [0.5, 0.6) is 0 Å². The first-order valence-corrected chi connectivity index (χ1v) is 43.0. The Morgan fingerprint density at radius 1 is 0.438 bits per heavy atom. The third kappa shape index (κ3) is 18.8. The van der Waals surface area contributed by atoms with Gasteiger partial charge in [-0.15, -0.1) is 118 Å². The number of aromatic nitrogens is 6. The van der Waals surface area contributed by atoms with E-state index in [-0.39, 0.29) is 74.0 Å². The van der Waals surface area contributed by atoms with Gasteiger partial charge in [0.2, 0.25) is 5.71 Å². The summed E-state index contributed by atoms with van der Waals surface area (Å²) >= 11 is 0. The first-order chi connectivity index (χ1) is 59.4. The minimum atomic E-state index is -2.82. The molecule has 2 unspecified atom stereocenters. The van der Waals surface area contributed by atoms with Gasteiger partial charge in [0.15, 0.2) is 0 Å². The number of benzene rings is 10. The maximum absolute atomic E-state index is 13.7. The quantitative estimate of drug-likeness (QED) is 0.0783. The number of hydrogen-bond donors (Lipinski definition) is 0. The summed E-state index contributed by atoms with van der Waals surface area (Å²) in [4.78, 5) is 26.5. The van der Waals surface area contributed by atoms with Crippen LogP contribution in [0.1, 0.15) is 103 Å². The summed E-state index contributed by atoms with van der Waals surface area (Å²) in [5, 5.41) is 4.21. The van der Waals surface area contributed by atoms with Crippen LogP contribution in [0.15, 0.2) is 294 Å². The zero-order chi connectivity index (χ0) is 90.3. The first kappa shape index (κ1) is 61.8. The van der Waals surface area contributed by atoms with Crippen molar-refractivity contribution in [1.82, 2.24) is 29.9 Å². The number of fused-ring (bicyclic) bond motifs is 6. The third-order valence-corrected chi connectivity index (χ3v) is 22.9. The van der Waals surface area contributed by atoms with Crippen molar-refractivity contribution < 1.29 is 75.4 Å². The predicted octanol–water partition coefficient (Wildman–Crippen LogP) is 24.5. The topological polar surface area (TPSA) is 104 Å². The predicted molar refractivity (Wildman–Crippen MR) is 457 cm³/mol. The Bertz CT molecular complexity index is 6800. The molecule has 0 N–H and O–H groups in total. The monoisotopic (exact) mass is 1870 g/mol. The van der Waals surface area contributed by atoms with Gasteiger partial charge in [-0.05, 0) is 140 Å². The van der Waals surface area contributed by atoms with E-state index in [1.807, 2.05) is 148 Å². The molecule has 0 saturated heterocycles. The van der Waals surface area contributed by atoms with Gasteiger partial charge in [-0.3, -0.25) is 0 Å². The second-order valence-corrected chi connectivity index (χ2v) is 38.7. The van der Waals surface area contributed by atoms with E-state index in [1.54, 1.807) is 72.9 Å². The average Bonchev–Trinajstić information content (AvgIpc) is 1.56. The second-order valence-electron chi connectivity index (χ2n) is 28.6. The molecule has 8 nitrogen and oxygen atoms in total. The summed E-state index contributed by atoms with van der Waals surface area (Å²) in [5.74, 6) is -2.11. The minimum Gasteiger partial charge on any atom is -0.500 e. The van der Waals surface area contributed by atoms with E-state index < -0.39 is 73.1 Å². The van der Waals surface area contributed by atoms with Gasteiger partial charge in [0, 0.05) is 110 Å². The molecule has 10 aromatic carbocycles. The molecule has 0 bridgehead atoms. The van der Waals surface area contributed by atoms with Crippen molar-refractivity contribution in [2.75, 3.05) is 0 Å². The summed E-state index contributed by atoms with van der Waals surface area (Å²) in [6.07, 6.45) is 5.34. The molecule has 17 rings (SSSR count). The van der Waals surface area contributed by atoms with Gasteiger partial charge in [-0.2, -0.15) is 0 Å². The number of halogens is 1. The van der Waals surface area contributed by atoms with Crippen LogP contribution >= 0.6 is 0 Å². The number of pyridine rings is 4. The summed E-state index contributed by atoms with van der Waals surface area (Å²) in [5.41, 5.74) is 14.3. The maximum atomic E-state index is 13.7. The summed E-state index contributed by atoms with van der Waals surface area (Å²) in [6.45, 7) is 7.44. The molecule has 562 valence electrons. The van der Waals surface area contributed by atoms with Gasteiger partial charge in [0.25, 0.3) is 0 Å². The van der Waals surface area contributed by atoms with E-state index in [0.717, 1.165) is 55.2 Å². The maximum Gasteiger partial charge on any atom is 0.235 e. The van der Waals surface area contributed by atoms with Crippen molar-refractivity contribution in [1.29, 1.82) is 0 Å². The number of hydrogen-bond acceptors (Lipinski definition) is 8. The molecule has 0 saturated carbocycles. The molecule has 0 fully saturated rings. The van der Waals surface area contributed by atoms with E-state index in [1.165, 1.54) is 47.3 Å². The van der Waals surface area contributed by atoms with E-state index in [0.29, 0.717) is 72.4 Å². The normalized spacial score (nSPS) is 15.0. The Kier molecular flexibility index (Phi) is 19.7. The van der Waals surface area contributed by atoms with Gasteiger partial charge in [0.1, 0.15) is 16.9 Å². The number of furan rings is 2. The minimum absolute atomic E-state index is 0. The molecule has 7 heterocycles. The van der Waals surface area contributed by atoms with Crippen LogP contribution in [-0.4, -0.2) is 46.1 Å². The van der Waals surface area contributed by atoms with Gasteiger partial charge in [-0.1, -0.05) is 241 Å². The third-order valence-electron chi connectivity index (χ3n) is 18.9. The van der Waals surface area contributed by atoms with Crippen LogP contribution in [0.2, 0.25) is 39.3 Å². The van der Waals surface area contributed by atoms with Crippen LogP contribution in [0, 0.1) is 57.5 Å². The number of rotatable bonds is 14. The molecule has 0 spiro atoms. The van der Waals surface area contributed by atoms with Crippen molar-refractivity contribution in [2.45, 2.75) is 98.7 Å². The Morgan fingerprint density at radius 3 is 1.55 bits per heavy atom. The molecule has 17 aromatic rings. The van der Waals surface area contributed by atoms with E-state index in [9.17, 15) is 7.13 Å². The second kappa shape index (κ2) is 35.7. The largest absolute Gasteiger partial charge is 0.500 e. The molecule has 0 aliphatic heterocycles. The van der Waals surface area contributed by atoms with Crippen molar-refractivity contribution in [3.63, 3.8) is 0 Å². The van der Waals surface area contributed by atoms with Crippen LogP contribution < -0.4 is 10.4 Å². The van der Waals surface area contributed by atoms with Crippen molar-refractivity contribution in [3.05, 3.63) is 372 Å². The summed E-state index contributed by atoms with van der Waals surface area (Å²) < 4.78 is 154. The van der Waals surface area contributed by atoms with E-state index in [2.05, 4.69) is 131 Å². The molecule has 2 atom stereocenters. The van der Waals surface area contributed by atoms with Gasteiger partial charge in [0.05, 0.1) is 38.7 Å². The Labute approximate surface area is 709 Å².